The molecule has 0 radical (unpaired) electrons. The topological polar surface area (TPSA) is 39.7 Å². The number of rotatable bonds is 6. The predicted molar refractivity (Wildman–Crippen MR) is 58.8 cm³/mol. The predicted octanol–water partition coefficient (Wildman–Crippen LogP) is 1.15. The lowest BCUT2D eigenvalue weighted by Gasteiger charge is -2.28. The summed E-state index contributed by atoms with van der Waals surface area (Å²) in [5.74, 6) is 0. The highest BCUT2D eigenvalue weighted by atomic mass is 16.7. The molecule has 15 heavy (non-hydrogen) atoms. The van der Waals surface area contributed by atoms with Crippen molar-refractivity contribution in [1.82, 2.24) is 5.32 Å². The first-order valence-electron chi connectivity index (χ1n) is 5.57. The van der Waals surface area contributed by atoms with Gasteiger partial charge in [0.25, 0.3) is 0 Å². The van der Waals surface area contributed by atoms with E-state index in [1.165, 1.54) is 12.8 Å². The molecule has 0 heterocycles. The molecule has 3 unspecified atom stereocenters. The van der Waals surface area contributed by atoms with Crippen molar-refractivity contribution in [2.75, 3.05) is 21.3 Å². The second-order valence-corrected chi connectivity index (χ2v) is 4.11. The van der Waals surface area contributed by atoms with Crippen LogP contribution in [0, 0.1) is 0 Å². The van der Waals surface area contributed by atoms with Crippen LogP contribution in [0.25, 0.3) is 0 Å². The minimum absolute atomic E-state index is 0.181. The molecular formula is C11H23NO3. The molecule has 1 fully saturated rings. The van der Waals surface area contributed by atoms with Gasteiger partial charge in [-0.1, -0.05) is 0 Å². The third-order valence-corrected chi connectivity index (χ3v) is 3.11. The molecule has 0 aliphatic heterocycles. The van der Waals surface area contributed by atoms with Gasteiger partial charge in [-0.2, -0.15) is 0 Å². The van der Waals surface area contributed by atoms with E-state index < -0.39 is 0 Å². The molecule has 1 rings (SSSR count). The van der Waals surface area contributed by atoms with Gasteiger partial charge >= 0.3 is 0 Å². The molecule has 0 spiro atoms. The molecule has 3 atom stereocenters. The molecule has 0 amide bonds. The zero-order chi connectivity index (χ0) is 11.3. The maximum absolute atomic E-state index is 5.43. The average molecular weight is 217 g/mol. The third kappa shape index (κ3) is 3.41. The van der Waals surface area contributed by atoms with Crippen LogP contribution >= 0.6 is 0 Å². The smallest absolute Gasteiger partial charge is 0.171 e. The molecule has 1 aliphatic rings. The van der Waals surface area contributed by atoms with Crippen LogP contribution in [0.2, 0.25) is 0 Å². The largest absolute Gasteiger partial charge is 0.380 e. The maximum Gasteiger partial charge on any atom is 0.171 e. The number of methoxy groups -OCH3 is 3. The molecule has 0 aromatic carbocycles. The quantitative estimate of drug-likeness (QED) is 0.678. The Labute approximate surface area is 92.3 Å². The Bertz CT molecular complexity index is 173. The van der Waals surface area contributed by atoms with E-state index in [-0.39, 0.29) is 12.3 Å². The number of hydrogen-bond donors (Lipinski definition) is 1. The Morgan fingerprint density at radius 2 is 1.80 bits per heavy atom. The van der Waals surface area contributed by atoms with Crippen LogP contribution in [0.5, 0.6) is 0 Å². The van der Waals surface area contributed by atoms with Crippen molar-refractivity contribution in [2.45, 2.75) is 50.7 Å². The van der Waals surface area contributed by atoms with Gasteiger partial charge in [-0.05, 0) is 26.2 Å². The normalized spacial score (nSPS) is 28.6. The van der Waals surface area contributed by atoms with Crippen molar-refractivity contribution < 1.29 is 14.2 Å². The fourth-order valence-electron chi connectivity index (χ4n) is 2.32. The van der Waals surface area contributed by atoms with Crippen molar-refractivity contribution >= 4 is 0 Å². The van der Waals surface area contributed by atoms with Gasteiger partial charge in [-0.15, -0.1) is 0 Å². The van der Waals surface area contributed by atoms with Crippen molar-refractivity contribution in [3.63, 3.8) is 0 Å². The van der Waals surface area contributed by atoms with Gasteiger partial charge in [0, 0.05) is 27.4 Å². The van der Waals surface area contributed by atoms with Crippen LogP contribution in [0.15, 0.2) is 0 Å². The molecule has 4 nitrogen and oxygen atoms in total. The van der Waals surface area contributed by atoms with Gasteiger partial charge in [-0.25, -0.2) is 0 Å². The van der Waals surface area contributed by atoms with Gasteiger partial charge in [-0.3, -0.25) is 0 Å². The van der Waals surface area contributed by atoms with Crippen LogP contribution < -0.4 is 5.32 Å². The molecule has 0 bridgehead atoms. The Hall–Kier alpha value is -0.160. The van der Waals surface area contributed by atoms with Crippen molar-refractivity contribution in [3.8, 4) is 0 Å². The first-order chi connectivity index (χ1) is 7.22. The Morgan fingerprint density at radius 1 is 1.13 bits per heavy atom. The molecule has 1 saturated carbocycles. The van der Waals surface area contributed by atoms with Crippen molar-refractivity contribution in [1.29, 1.82) is 0 Å². The summed E-state index contributed by atoms with van der Waals surface area (Å²) >= 11 is 0. The van der Waals surface area contributed by atoms with Crippen LogP contribution in [0.4, 0.5) is 0 Å². The summed E-state index contributed by atoms with van der Waals surface area (Å²) in [4.78, 5) is 0. The van der Waals surface area contributed by atoms with Crippen molar-refractivity contribution in [2.24, 2.45) is 0 Å². The monoisotopic (exact) mass is 217 g/mol. The maximum atomic E-state index is 5.43. The highest BCUT2D eigenvalue weighted by Gasteiger charge is 2.29. The summed E-state index contributed by atoms with van der Waals surface area (Å²) in [6, 6.07) is 0.610. The zero-order valence-corrected chi connectivity index (χ0v) is 10.2. The van der Waals surface area contributed by atoms with E-state index in [0.29, 0.717) is 12.1 Å². The van der Waals surface area contributed by atoms with Crippen LogP contribution in [0.3, 0.4) is 0 Å². The first kappa shape index (κ1) is 12.9. The van der Waals surface area contributed by atoms with E-state index in [0.717, 1.165) is 6.42 Å². The Kier molecular flexibility index (Phi) is 5.53. The molecule has 0 saturated heterocycles. The Morgan fingerprint density at radius 3 is 2.33 bits per heavy atom. The molecule has 1 N–H and O–H groups in total. The fourth-order valence-corrected chi connectivity index (χ4v) is 2.32. The molecule has 90 valence electrons. The number of nitrogens with one attached hydrogen (secondary N) is 1. The second-order valence-electron chi connectivity index (χ2n) is 4.11. The highest BCUT2D eigenvalue weighted by Crippen LogP contribution is 2.22. The summed E-state index contributed by atoms with van der Waals surface area (Å²) in [7, 11) is 5.10. The van der Waals surface area contributed by atoms with E-state index in [9.17, 15) is 0 Å². The number of ether oxygens (including phenoxy) is 3. The summed E-state index contributed by atoms with van der Waals surface area (Å²) in [5, 5.41) is 3.51. The summed E-state index contributed by atoms with van der Waals surface area (Å²) in [6.45, 7) is 2.07. The summed E-state index contributed by atoms with van der Waals surface area (Å²) in [6.07, 6.45) is 3.69. The minimum Gasteiger partial charge on any atom is -0.380 e. The van der Waals surface area contributed by atoms with Gasteiger partial charge in [0.1, 0.15) is 0 Å². The SMILES string of the molecule is COC1CCCC1NC(C)C(OC)OC. The van der Waals surface area contributed by atoms with E-state index in [1.807, 2.05) is 0 Å². The van der Waals surface area contributed by atoms with Gasteiger partial charge in [0.05, 0.1) is 12.1 Å². The van der Waals surface area contributed by atoms with Crippen molar-refractivity contribution in [3.05, 3.63) is 0 Å². The lowest BCUT2D eigenvalue weighted by Crippen LogP contribution is -2.48. The second kappa shape index (κ2) is 6.43. The first-order valence-corrected chi connectivity index (χ1v) is 5.57. The molecule has 4 heteroatoms. The molecule has 0 aromatic rings. The van der Waals surface area contributed by atoms with Crippen LogP contribution in [-0.2, 0) is 14.2 Å². The third-order valence-electron chi connectivity index (χ3n) is 3.11. The highest BCUT2D eigenvalue weighted by molar-refractivity contribution is 4.86. The average Bonchev–Trinajstić information content (AvgIpc) is 2.67. The van der Waals surface area contributed by atoms with Gasteiger partial charge < -0.3 is 19.5 Å². The molecule has 1 aliphatic carbocycles. The lowest BCUT2D eigenvalue weighted by molar-refractivity contribution is -0.122. The molecule has 0 aromatic heterocycles. The Balaban J connectivity index is 2.39. The van der Waals surface area contributed by atoms with Crippen LogP contribution in [0.1, 0.15) is 26.2 Å². The fraction of sp³-hybridized carbons (Fsp3) is 1.00. The van der Waals surface area contributed by atoms with E-state index in [1.54, 1.807) is 21.3 Å². The lowest BCUT2D eigenvalue weighted by atomic mass is 10.2. The van der Waals surface area contributed by atoms with E-state index in [4.69, 9.17) is 14.2 Å². The van der Waals surface area contributed by atoms with Crippen LogP contribution in [-0.4, -0.2) is 45.8 Å². The van der Waals surface area contributed by atoms with E-state index >= 15 is 0 Å². The molecular weight excluding hydrogens is 194 g/mol. The summed E-state index contributed by atoms with van der Waals surface area (Å²) in [5.41, 5.74) is 0. The number of hydrogen-bond acceptors (Lipinski definition) is 4. The van der Waals surface area contributed by atoms with Gasteiger partial charge in [0.2, 0.25) is 0 Å². The van der Waals surface area contributed by atoms with E-state index in [2.05, 4.69) is 12.2 Å². The van der Waals surface area contributed by atoms with Gasteiger partial charge in [0.15, 0.2) is 6.29 Å². The zero-order valence-electron chi connectivity index (χ0n) is 10.2. The minimum atomic E-state index is -0.192. The standard InChI is InChI=1S/C11H23NO3/c1-8(11(14-3)15-4)12-9-6-5-7-10(9)13-2/h8-12H,5-7H2,1-4H3. The summed E-state index contributed by atoms with van der Waals surface area (Å²) < 4.78 is 15.9.